The molecule has 2 aliphatic heterocycles. The number of benzene rings is 1. The average molecular weight is 344 g/mol. The fourth-order valence-corrected chi connectivity index (χ4v) is 3.91. The van der Waals surface area contributed by atoms with Gasteiger partial charge in [0.05, 0.1) is 6.10 Å². The molecule has 1 aliphatic carbocycles. The minimum absolute atomic E-state index is 0.0427. The summed E-state index contributed by atoms with van der Waals surface area (Å²) in [4.78, 5) is 13.1. The van der Waals surface area contributed by atoms with Crippen LogP contribution in [0.3, 0.4) is 0 Å². The Morgan fingerprint density at radius 1 is 0.920 bits per heavy atom. The normalized spacial score (nSPS) is 37.6. The molecule has 0 N–H and O–H groups in total. The van der Waals surface area contributed by atoms with Crippen molar-refractivity contribution in [1.29, 1.82) is 0 Å². The minimum Gasteiger partial charge on any atom is -0.344 e. The summed E-state index contributed by atoms with van der Waals surface area (Å²) >= 11 is 0. The van der Waals surface area contributed by atoms with Crippen LogP contribution >= 0.6 is 0 Å². The first kappa shape index (κ1) is 16.9. The van der Waals surface area contributed by atoms with Crippen LogP contribution in [0.25, 0.3) is 6.08 Å². The van der Waals surface area contributed by atoms with Crippen molar-refractivity contribution in [3.8, 4) is 0 Å². The lowest BCUT2D eigenvalue weighted by molar-refractivity contribution is -0.175. The zero-order valence-electron chi connectivity index (χ0n) is 15.0. The van der Waals surface area contributed by atoms with Gasteiger partial charge in [0, 0.05) is 12.0 Å². The van der Waals surface area contributed by atoms with E-state index in [0.717, 1.165) is 5.56 Å². The molecule has 5 nitrogen and oxygen atoms in total. The third kappa shape index (κ3) is 3.17. The van der Waals surface area contributed by atoms with Gasteiger partial charge in [-0.25, -0.2) is 0 Å². The molecule has 0 aromatic heterocycles. The van der Waals surface area contributed by atoms with Gasteiger partial charge in [0.1, 0.15) is 12.2 Å². The van der Waals surface area contributed by atoms with Gasteiger partial charge in [-0.2, -0.15) is 0 Å². The summed E-state index contributed by atoms with van der Waals surface area (Å²) < 4.78 is 24.1. The molecule has 2 heterocycles. The van der Waals surface area contributed by atoms with Crippen LogP contribution in [0.15, 0.2) is 35.9 Å². The first-order chi connectivity index (χ1) is 11.7. The maximum absolute atomic E-state index is 13.1. The topological polar surface area (TPSA) is 54.0 Å². The minimum atomic E-state index is -0.819. The SMILES string of the molecule is CC1(C)O[C@H]2[C@@H]3OC(C)(C)O[C@H]3C(=O)/C(=C\c3ccccc3)C[C@H]2O1. The summed E-state index contributed by atoms with van der Waals surface area (Å²) in [6, 6.07) is 9.82. The van der Waals surface area contributed by atoms with Crippen LogP contribution in [0, 0.1) is 0 Å². The van der Waals surface area contributed by atoms with Crippen LogP contribution in [0.2, 0.25) is 0 Å². The van der Waals surface area contributed by atoms with Crippen LogP contribution in [0.4, 0.5) is 0 Å². The Kier molecular flexibility index (Phi) is 3.88. The third-order valence-electron chi connectivity index (χ3n) is 4.81. The van der Waals surface area contributed by atoms with Gasteiger partial charge in [0.2, 0.25) is 0 Å². The molecule has 0 bridgehead atoms. The zero-order chi connectivity index (χ0) is 17.8. The van der Waals surface area contributed by atoms with E-state index >= 15 is 0 Å². The number of Topliss-reactive ketones (excluding diaryl/α,β-unsaturated/α-hetero) is 1. The molecule has 0 unspecified atom stereocenters. The second-order valence-corrected chi connectivity index (χ2v) is 7.81. The molecule has 25 heavy (non-hydrogen) atoms. The van der Waals surface area contributed by atoms with Gasteiger partial charge in [-0.15, -0.1) is 0 Å². The Bertz CT molecular complexity index is 706. The summed E-state index contributed by atoms with van der Waals surface area (Å²) in [5.74, 6) is -1.56. The predicted molar refractivity (Wildman–Crippen MR) is 91.7 cm³/mol. The van der Waals surface area contributed by atoms with Gasteiger partial charge in [-0.3, -0.25) is 4.79 Å². The van der Waals surface area contributed by atoms with Crippen LogP contribution in [0.5, 0.6) is 0 Å². The highest BCUT2D eigenvalue weighted by atomic mass is 16.8. The molecule has 5 heteroatoms. The maximum Gasteiger partial charge on any atom is 0.190 e. The fourth-order valence-electron chi connectivity index (χ4n) is 3.91. The van der Waals surface area contributed by atoms with E-state index in [1.54, 1.807) is 0 Å². The van der Waals surface area contributed by atoms with Crippen LogP contribution in [-0.2, 0) is 23.7 Å². The number of carbonyl (C=O) groups is 1. The number of hydrogen-bond acceptors (Lipinski definition) is 5. The number of ether oxygens (including phenoxy) is 4. The van der Waals surface area contributed by atoms with Crippen LogP contribution in [0.1, 0.15) is 39.7 Å². The molecule has 1 saturated carbocycles. The van der Waals surface area contributed by atoms with Crippen molar-refractivity contribution in [2.45, 2.75) is 70.1 Å². The fraction of sp³-hybridized carbons (Fsp3) is 0.550. The molecule has 4 rings (SSSR count). The molecular weight excluding hydrogens is 320 g/mol. The first-order valence-electron chi connectivity index (χ1n) is 8.75. The molecule has 3 fully saturated rings. The van der Waals surface area contributed by atoms with E-state index in [4.69, 9.17) is 18.9 Å². The lowest BCUT2D eigenvalue weighted by atomic mass is 10.0. The van der Waals surface area contributed by atoms with Crippen LogP contribution < -0.4 is 0 Å². The average Bonchev–Trinajstić information content (AvgIpc) is 2.99. The van der Waals surface area contributed by atoms with Gasteiger partial charge < -0.3 is 18.9 Å². The van der Waals surface area contributed by atoms with Crippen molar-refractivity contribution in [1.82, 2.24) is 0 Å². The quantitative estimate of drug-likeness (QED) is 0.733. The Balaban J connectivity index is 1.73. The van der Waals surface area contributed by atoms with E-state index in [9.17, 15) is 4.79 Å². The van der Waals surface area contributed by atoms with E-state index in [1.807, 2.05) is 64.1 Å². The standard InChI is InChI=1S/C20H24O5/c1-19(2)22-14-11-13(10-12-8-6-5-7-9-12)15(21)17-18(16(14)23-19)25-20(3,4)24-17/h5-10,14,16-18H,11H2,1-4H3/b13-10-/t14-,16-,17+,18+/m1/s1. The van der Waals surface area contributed by atoms with Crippen molar-refractivity contribution in [2.24, 2.45) is 0 Å². The first-order valence-corrected chi connectivity index (χ1v) is 8.75. The van der Waals surface area contributed by atoms with Crippen LogP contribution in [-0.4, -0.2) is 41.8 Å². The highest BCUT2D eigenvalue weighted by molar-refractivity contribution is 6.03. The maximum atomic E-state index is 13.1. The number of ketones is 1. The third-order valence-corrected chi connectivity index (χ3v) is 4.81. The molecule has 3 aliphatic rings. The van der Waals surface area contributed by atoms with Crippen molar-refractivity contribution in [2.75, 3.05) is 0 Å². The molecule has 134 valence electrons. The summed E-state index contributed by atoms with van der Waals surface area (Å²) in [7, 11) is 0. The number of carbonyl (C=O) groups excluding carboxylic acids is 1. The van der Waals surface area contributed by atoms with Gasteiger partial charge in [0.15, 0.2) is 23.5 Å². The van der Waals surface area contributed by atoms with Crippen molar-refractivity contribution in [3.05, 3.63) is 41.5 Å². The Labute approximate surface area is 147 Å². The van der Waals surface area contributed by atoms with Gasteiger partial charge in [-0.05, 0) is 39.3 Å². The Morgan fingerprint density at radius 2 is 1.56 bits per heavy atom. The summed E-state index contributed by atoms with van der Waals surface area (Å²) in [5, 5.41) is 0. The number of fused-ring (bicyclic) bond motifs is 3. The Hall–Kier alpha value is -1.53. The van der Waals surface area contributed by atoms with Crippen molar-refractivity contribution < 1.29 is 23.7 Å². The van der Waals surface area contributed by atoms with Crippen molar-refractivity contribution in [3.63, 3.8) is 0 Å². The smallest absolute Gasteiger partial charge is 0.190 e. The monoisotopic (exact) mass is 344 g/mol. The second kappa shape index (κ2) is 5.74. The van der Waals surface area contributed by atoms with E-state index < -0.39 is 23.8 Å². The molecule has 0 amide bonds. The molecule has 0 spiro atoms. The van der Waals surface area contributed by atoms with E-state index in [1.165, 1.54) is 0 Å². The number of hydrogen-bond donors (Lipinski definition) is 0. The van der Waals surface area contributed by atoms with Gasteiger partial charge in [-0.1, -0.05) is 30.3 Å². The molecule has 2 saturated heterocycles. The highest BCUT2D eigenvalue weighted by Gasteiger charge is 2.58. The summed E-state index contributed by atoms with van der Waals surface area (Å²) in [6.45, 7) is 7.43. The number of rotatable bonds is 1. The van der Waals surface area contributed by atoms with E-state index in [0.29, 0.717) is 12.0 Å². The zero-order valence-corrected chi connectivity index (χ0v) is 15.0. The highest BCUT2D eigenvalue weighted by Crippen LogP contribution is 2.43. The lowest BCUT2D eigenvalue weighted by Gasteiger charge is -2.23. The Morgan fingerprint density at radius 3 is 2.28 bits per heavy atom. The second-order valence-electron chi connectivity index (χ2n) is 7.81. The largest absolute Gasteiger partial charge is 0.344 e. The molecule has 0 radical (unpaired) electrons. The lowest BCUT2D eigenvalue weighted by Crippen LogP contribution is -2.42. The van der Waals surface area contributed by atoms with Crippen molar-refractivity contribution >= 4 is 11.9 Å². The van der Waals surface area contributed by atoms with E-state index in [2.05, 4.69) is 0 Å². The molecule has 1 aromatic rings. The predicted octanol–water partition coefficient (Wildman–Crippen LogP) is 3.08. The summed E-state index contributed by atoms with van der Waals surface area (Å²) in [6.07, 6.45) is 0.717. The van der Waals surface area contributed by atoms with Gasteiger partial charge in [0.25, 0.3) is 0 Å². The molecule has 1 aromatic carbocycles. The summed E-state index contributed by atoms with van der Waals surface area (Å²) in [5.41, 5.74) is 1.67. The molecular formula is C20H24O5. The molecule has 4 atom stereocenters. The van der Waals surface area contributed by atoms with Gasteiger partial charge >= 0.3 is 0 Å². The van der Waals surface area contributed by atoms with E-state index in [-0.39, 0.29) is 18.0 Å².